The number of ketones is 1. The number of carbonyl (C=O) groups is 2. The average molecular weight is 444 g/mol. The molecule has 0 saturated heterocycles. The van der Waals surface area contributed by atoms with Crippen LogP contribution in [0.3, 0.4) is 0 Å². The smallest absolute Gasteiger partial charge is 0.338 e. The van der Waals surface area contributed by atoms with E-state index in [1.165, 1.54) is 6.07 Å². The molecule has 0 aliphatic heterocycles. The molecule has 3 aromatic carbocycles. The van der Waals surface area contributed by atoms with Crippen molar-refractivity contribution in [3.05, 3.63) is 107 Å². The van der Waals surface area contributed by atoms with Gasteiger partial charge in [-0.1, -0.05) is 94.3 Å². The third-order valence-electron chi connectivity index (χ3n) is 3.99. The van der Waals surface area contributed by atoms with Gasteiger partial charge in [-0.3, -0.25) is 4.79 Å². The van der Waals surface area contributed by atoms with E-state index in [0.717, 1.165) is 5.56 Å². The summed E-state index contributed by atoms with van der Waals surface area (Å²) in [5.74, 6) is -0.885. The van der Waals surface area contributed by atoms with Crippen molar-refractivity contribution in [2.75, 3.05) is 0 Å². The Bertz CT molecular complexity index is 929. The van der Waals surface area contributed by atoms with Crippen molar-refractivity contribution in [1.29, 1.82) is 0 Å². The number of hydrogen-bond donors (Lipinski definition) is 0. The van der Waals surface area contributed by atoms with Crippen LogP contribution in [0.2, 0.25) is 5.02 Å². The minimum atomic E-state index is -1.03. The van der Waals surface area contributed by atoms with Crippen molar-refractivity contribution in [2.24, 2.45) is 0 Å². The molecule has 2 atom stereocenters. The highest BCUT2D eigenvalue weighted by molar-refractivity contribution is 9.09. The Morgan fingerprint density at radius 1 is 0.815 bits per heavy atom. The van der Waals surface area contributed by atoms with Crippen molar-refractivity contribution in [1.82, 2.24) is 0 Å². The van der Waals surface area contributed by atoms with Crippen LogP contribution in [0.25, 0.3) is 0 Å². The Morgan fingerprint density at radius 3 is 2.04 bits per heavy atom. The van der Waals surface area contributed by atoms with Gasteiger partial charge in [0.2, 0.25) is 5.78 Å². The van der Waals surface area contributed by atoms with Crippen molar-refractivity contribution in [3.63, 3.8) is 0 Å². The fourth-order valence-corrected chi connectivity index (χ4v) is 3.47. The summed E-state index contributed by atoms with van der Waals surface area (Å²) in [7, 11) is 0. The second kappa shape index (κ2) is 8.98. The molecule has 0 radical (unpaired) electrons. The first-order valence-corrected chi connectivity index (χ1v) is 9.60. The lowest BCUT2D eigenvalue weighted by Crippen LogP contribution is -2.31. The van der Waals surface area contributed by atoms with Crippen LogP contribution in [0.4, 0.5) is 0 Å². The average Bonchev–Trinajstić information content (AvgIpc) is 2.72. The molecule has 5 heteroatoms. The van der Waals surface area contributed by atoms with E-state index >= 15 is 0 Å². The van der Waals surface area contributed by atoms with Crippen LogP contribution in [0, 0.1) is 0 Å². The number of rotatable bonds is 6. The highest BCUT2D eigenvalue weighted by Crippen LogP contribution is 2.31. The molecular weight excluding hydrogens is 428 g/mol. The first kappa shape index (κ1) is 19.3. The van der Waals surface area contributed by atoms with Crippen LogP contribution in [0.1, 0.15) is 31.1 Å². The number of ether oxygens (including phenoxy) is 1. The number of esters is 1. The van der Waals surface area contributed by atoms with Gasteiger partial charge in [-0.25, -0.2) is 4.79 Å². The maximum Gasteiger partial charge on any atom is 0.338 e. The molecule has 27 heavy (non-hydrogen) atoms. The van der Waals surface area contributed by atoms with Crippen molar-refractivity contribution in [2.45, 2.75) is 10.9 Å². The minimum absolute atomic E-state index is 0.281. The minimum Gasteiger partial charge on any atom is -0.449 e. The van der Waals surface area contributed by atoms with Gasteiger partial charge >= 0.3 is 5.97 Å². The highest BCUT2D eigenvalue weighted by atomic mass is 79.9. The molecule has 3 rings (SSSR count). The molecule has 3 aromatic rings. The van der Waals surface area contributed by atoms with Crippen molar-refractivity contribution in [3.8, 4) is 0 Å². The first-order chi connectivity index (χ1) is 13.1. The Labute approximate surface area is 171 Å². The Hall–Kier alpha value is -2.43. The number of alkyl halides is 1. The van der Waals surface area contributed by atoms with Crippen LogP contribution in [-0.2, 0) is 4.74 Å². The van der Waals surface area contributed by atoms with E-state index in [1.54, 1.807) is 42.5 Å². The lowest BCUT2D eigenvalue weighted by molar-refractivity contribution is 0.0282. The third kappa shape index (κ3) is 4.85. The molecule has 0 aromatic heterocycles. The summed E-state index contributed by atoms with van der Waals surface area (Å²) in [6.07, 6.45) is -1.03. The normalized spacial score (nSPS) is 12.8. The third-order valence-corrected chi connectivity index (χ3v) is 5.24. The second-order valence-electron chi connectivity index (χ2n) is 5.88. The summed E-state index contributed by atoms with van der Waals surface area (Å²) < 4.78 is 5.63. The zero-order valence-corrected chi connectivity index (χ0v) is 16.6. The van der Waals surface area contributed by atoms with E-state index in [-0.39, 0.29) is 5.78 Å². The molecule has 0 spiro atoms. The van der Waals surface area contributed by atoms with E-state index < -0.39 is 16.9 Å². The molecule has 0 N–H and O–H groups in total. The molecule has 0 aliphatic rings. The molecule has 0 unspecified atom stereocenters. The highest BCUT2D eigenvalue weighted by Gasteiger charge is 2.32. The van der Waals surface area contributed by atoms with Crippen molar-refractivity contribution < 1.29 is 14.3 Å². The fraction of sp³-hybridized carbons (Fsp3) is 0.0909. The summed E-state index contributed by atoms with van der Waals surface area (Å²) in [6, 6.07) is 24.6. The maximum atomic E-state index is 13.1. The lowest BCUT2D eigenvalue weighted by Gasteiger charge is -2.22. The lowest BCUT2D eigenvalue weighted by atomic mass is 9.99. The quantitative estimate of drug-likeness (QED) is 0.271. The predicted octanol–water partition coefficient (Wildman–Crippen LogP) is 5.88. The van der Waals surface area contributed by atoms with Gasteiger partial charge in [0, 0.05) is 10.6 Å². The van der Waals surface area contributed by atoms with Crippen LogP contribution in [0.5, 0.6) is 0 Å². The molecule has 0 amide bonds. The van der Waals surface area contributed by atoms with E-state index in [4.69, 9.17) is 16.3 Å². The summed E-state index contributed by atoms with van der Waals surface area (Å²) in [4.78, 5) is 25.2. The van der Waals surface area contributed by atoms with Gasteiger partial charge in [0.15, 0.2) is 6.10 Å². The second-order valence-corrected chi connectivity index (χ2v) is 7.30. The maximum absolute atomic E-state index is 13.1. The van der Waals surface area contributed by atoms with Gasteiger partial charge in [0.05, 0.1) is 10.4 Å². The molecule has 136 valence electrons. The first-order valence-electron chi connectivity index (χ1n) is 8.31. The molecule has 0 heterocycles. The van der Waals surface area contributed by atoms with E-state index in [0.29, 0.717) is 16.1 Å². The van der Waals surface area contributed by atoms with Crippen LogP contribution in [-0.4, -0.2) is 17.9 Å². The van der Waals surface area contributed by atoms with E-state index in [2.05, 4.69) is 15.9 Å². The van der Waals surface area contributed by atoms with Gasteiger partial charge in [-0.05, 0) is 23.8 Å². The van der Waals surface area contributed by atoms with Gasteiger partial charge < -0.3 is 4.74 Å². The fourth-order valence-electron chi connectivity index (χ4n) is 2.62. The summed E-state index contributed by atoms with van der Waals surface area (Å²) in [6.45, 7) is 0. The Balaban J connectivity index is 1.92. The molecule has 0 aliphatic carbocycles. The SMILES string of the molecule is O=C(O[C@@H](C(=O)c1ccccc1)[C@H](Br)c1ccccc1)c1cccc(Cl)c1. The van der Waals surface area contributed by atoms with Crippen molar-refractivity contribution >= 4 is 39.3 Å². The topological polar surface area (TPSA) is 43.4 Å². The summed E-state index contributed by atoms with van der Waals surface area (Å²) in [5, 5.41) is 0.425. The number of hydrogen-bond acceptors (Lipinski definition) is 3. The van der Waals surface area contributed by atoms with Crippen LogP contribution >= 0.6 is 27.5 Å². The van der Waals surface area contributed by atoms with E-state index in [1.807, 2.05) is 36.4 Å². The van der Waals surface area contributed by atoms with Gasteiger partial charge in [0.1, 0.15) is 0 Å². The number of carbonyl (C=O) groups excluding carboxylic acids is 2. The van der Waals surface area contributed by atoms with Gasteiger partial charge in [-0.2, -0.15) is 0 Å². The Kier molecular flexibility index (Phi) is 6.43. The number of benzene rings is 3. The zero-order valence-electron chi connectivity index (χ0n) is 14.2. The number of Topliss-reactive ketones (excluding diaryl/α,β-unsaturated/α-hetero) is 1. The molecule has 0 bridgehead atoms. The van der Waals surface area contributed by atoms with E-state index in [9.17, 15) is 9.59 Å². The molecule has 0 saturated carbocycles. The summed E-state index contributed by atoms with van der Waals surface area (Å²) in [5.41, 5.74) is 1.61. The monoisotopic (exact) mass is 442 g/mol. The van der Waals surface area contributed by atoms with Crippen LogP contribution < -0.4 is 0 Å². The predicted molar refractivity (Wildman–Crippen MR) is 110 cm³/mol. The molecule has 0 fully saturated rings. The molecular formula is C22H16BrClO3. The Morgan fingerprint density at radius 2 is 1.41 bits per heavy atom. The zero-order chi connectivity index (χ0) is 19.2. The van der Waals surface area contributed by atoms with Gasteiger partial charge in [0.25, 0.3) is 0 Å². The molecule has 3 nitrogen and oxygen atoms in total. The van der Waals surface area contributed by atoms with Crippen LogP contribution in [0.15, 0.2) is 84.9 Å². The summed E-state index contributed by atoms with van der Waals surface area (Å²) >= 11 is 9.50. The van der Waals surface area contributed by atoms with Gasteiger partial charge in [-0.15, -0.1) is 0 Å². The standard InChI is InChI=1S/C22H16BrClO3/c23-19(15-8-3-1-4-9-15)21(20(25)16-10-5-2-6-11-16)27-22(26)17-12-7-13-18(24)14-17/h1-14,19,21H/t19-,21-/m1/s1. The largest absolute Gasteiger partial charge is 0.449 e. The number of halogens is 2.